The Labute approximate surface area is 227 Å². The topological polar surface area (TPSA) is 140 Å². The molecule has 0 aliphatic heterocycles. The van der Waals surface area contributed by atoms with Crippen LogP contribution >= 0.6 is 0 Å². The number of hydrogen-bond donors (Lipinski definition) is 6. The summed E-state index contributed by atoms with van der Waals surface area (Å²) in [7, 11) is 0. The van der Waals surface area contributed by atoms with Crippen LogP contribution in [0.1, 0.15) is 34.0 Å². The van der Waals surface area contributed by atoms with E-state index in [-0.39, 0.29) is 24.2 Å². The van der Waals surface area contributed by atoms with Crippen molar-refractivity contribution in [1.29, 1.82) is 0 Å². The third kappa shape index (κ3) is 8.40. The van der Waals surface area contributed by atoms with Gasteiger partial charge in [0.05, 0.1) is 12.6 Å². The Bertz CT molecular complexity index is 1440. The predicted molar refractivity (Wildman–Crippen MR) is 138 cm³/mol. The van der Waals surface area contributed by atoms with Crippen molar-refractivity contribution in [2.75, 3.05) is 11.9 Å². The van der Waals surface area contributed by atoms with Gasteiger partial charge in [-0.25, -0.2) is 18.7 Å². The van der Waals surface area contributed by atoms with Crippen LogP contribution in [0.2, 0.25) is 0 Å². The number of hydrogen-bond acceptors (Lipinski definition) is 6. The highest BCUT2D eigenvalue weighted by Crippen LogP contribution is 2.14. The molecule has 0 saturated heterocycles. The van der Waals surface area contributed by atoms with Crippen LogP contribution in [0.25, 0.3) is 0 Å². The monoisotopic (exact) mass is 554 g/mol. The molecule has 6 N–H and O–H groups in total. The minimum Gasteiger partial charge on any atom is -0.391 e. The molecule has 3 amide bonds. The molecule has 40 heavy (non-hydrogen) atoms. The number of amides is 3. The molecular formula is C28H25F3N4O5. The van der Waals surface area contributed by atoms with Crippen molar-refractivity contribution in [1.82, 2.24) is 16.1 Å². The van der Waals surface area contributed by atoms with Crippen LogP contribution in [0, 0.1) is 29.3 Å². The lowest BCUT2D eigenvalue weighted by Crippen LogP contribution is -2.51. The molecule has 0 bridgehead atoms. The molecule has 0 unspecified atom stereocenters. The summed E-state index contributed by atoms with van der Waals surface area (Å²) < 4.78 is 39.9. The van der Waals surface area contributed by atoms with E-state index >= 15 is 0 Å². The fraction of sp³-hybridized carbons (Fsp3) is 0.179. The number of rotatable bonds is 9. The number of carbonyl (C=O) groups is 3. The van der Waals surface area contributed by atoms with Crippen LogP contribution in [-0.2, 0) is 16.1 Å². The number of anilines is 1. The smallest absolute Gasteiger partial charge is 0.268 e. The SMILES string of the molecule is C[C@@H](O)[C@H](NC(=O)c1ccc(C#Cc2ccc(NC(=O)CNCc3cc(F)c(F)cc3F)cc2)cc1)C(=O)NO. The number of hydroxylamine groups is 1. The van der Waals surface area contributed by atoms with Crippen molar-refractivity contribution in [3.05, 3.63) is 100 Å². The minimum atomic E-state index is -1.34. The third-order valence-corrected chi connectivity index (χ3v) is 5.52. The molecule has 3 aromatic rings. The summed E-state index contributed by atoms with van der Waals surface area (Å²) in [6, 6.07) is 12.6. The van der Waals surface area contributed by atoms with Gasteiger partial charge in [-0.05, 0) is 61.5 Å². The van der Waals surface area contributed by atoms with Gasteiger partial charge < -0.3 is 21.1 Å². The van der Waals surface area contributed by atoms with E-state index in [1.807, 2.05) is 0 Å². The molecular weight excluding hydrogens is 529 g/mol. The van der Waals surface area contributed by atoms with Crippen LogP contribution in [-0.4, -0.2) is 46.7 Å². The van der Waals surface area contributed by atoms with Crippen molar-refractivity contribution < 1.29 is 37.9 Å². The molecule has 0 fully saturated rings. The summed E-state index contributed by atoms with van der Waals surface area (Å²) in [6.45, 7) is 0.935. The van der Waals surface area contributed by atoms with Crippen molar-refractivity contribution in [3.8, 4) is 11.8 Å². The number of nitrogens with one attached hydrogen (secondary N) is 4. The third-order valence-electron chi connectivity index (χ3n) is 5.52. The molecule has 3 rings (SSSR count). The lowest BCUT2D eigenvalue weighted by Gasteiger charge is -2.19. The Balaban J connectivity index is 1.51. The second-order valence-corrected chi connectivity index (χ2v) is 8.58. The molecule has 0 aliphatic rings. The normalized spacial score (nSPS) is 11.9. The standard InChI is InChI=1S/C28H25F3N4O5/c1-16(36)26(28(39)35-40)34-27(38)19-8-4-17(5-9-19)2-3-18-6-10-21(11-7-18)33-25(37)15-32-14-20-12-23(30)24(31)13-22(20)29/h4-13,16,26,32,36,40H,14-15H2,1H3,(H,33,37)(H,34,38)(H,35,39)/t16-,26+/m1/s1. The van der Waals surface area contributed by atoms with Gasteiger partial charge in [-0.15, -0.1) is 0 Å². The summed E-state index contributed by atoms with van der Waals surface area (Å²) in [6.07, 6.45) is -1.23. The van der Waals surface area contributed by atoms with Gasteiger partial charge in [-0.1, -0.05) is 11.8 Å². The van der Waals surface area contributed by atoms with E-state index in [1.54, 1.807) is 36.4 Å². The maximum Gasteiger partial charge on any atom is 0.268 e. The van der Waals surface area contributed by atoms with E-state index in [9.17, 15) is 32.7 Å². The fourth-order valence-electron chi connectivity index (χ4n) is 3.40. The Kier molecular flexibility index (Phi) is 10.4. The fourth-order valence-corrected chi connectivity index (χ4v) is 3.40. The molecule has 208 valence electrons. The van der Waals surface area contributed by atoms with E-state index in [0.29, 0.717) is 22.9 Å². The molecule has 0 radical (unpaired) electrons. The summed E-state index contributed by atoms with van der Waals surface area (Å²) >= 11 is 0. The van der Waals surface area contributed by atoms with Gasteiger partial charge in [0.25, 0.3) is 11.8 Å². The average Bonchev–Trinajstić information content (AvgIpc) is 2.93. The van der Waals surface area contributed by atoms with E-state index in [0.717, 1.165) is 6.07 Å². The number of halogens is 3. The zero-order valence-electron chi connectivity index (χ0n) is 21.1. The van der Waals surface area contributed by atoms with Gasteiger partial charge in [-0.3, -0.25) is 19.6 Å². The molecule has 12 heteroatoms. The quantitative estimate of drug-likeness (QED) is 0.104. The van der Waals surface area contributed by atoms with Gasteiger partial charge in [0.1, 0.15) is 11.9 Å². The highest BCUT2D eigenvalue weighted by atomic mass is 19.2. The highest BCUT2D eigenvalue weighted by Gasteiger charge is 2.25. The van der Waals surface area contributed by atoms with Crippen molar-refractivity contribution >= 4 is 23.4 Å². The molecule has 9 nitrogen and oxygen atoms in total. The number of aliphatic hydroxyl groups excluding tert-OH is 1. The first-order chi connectivity index (χ1) is 19.1. The Hall–Kier alpha value is -4.70. The summed E-state index contributed by atoms with van der Waals surface area (Å²) in [5.74, 6) is 0.487. The average molecular weight is 555 g/mol. The molecule has 0 aromatic heterocycles. The number of carbonyl (C=O) groups excluding carboxylic acids is 3. The summed E-state index contributed by atoms with van der Waals surface area (Å²) in [4.78, 5) is 36.0. The zero-order valence-corrected chi connectivity index (χ0v) is 21.1. The predicted octanol–water partition coefficient (Wildman–Crippen LogP) is 2.22. The van der Waals surface area contributed by atoms with Gasteiger partial charge in [0.15, 0.2) is 11.6 Å². The van der Waals surface area contributed by atoms with Crippen LogP contribution in [0.3, 0.4) is 0 Å². The first-order valence-electron chi connectivity index (χ1n) is 11.9. The largest absolute Gasteiger partial charge is 0.391 e. The van der Waals surface area contributed by atoms with Crippen LogP contribution in [0.5, 0.6) is 0 Å². The van der Waals surface area contributed by atoms with Crippen molar-refractivity contribution in [3.63, 3.8) is 0 Å². The maximum absolute atomic E-state index is 13.7. The maximum atomic E-state index is 13.7. The van der Waals surface area contributed by atoms with Gasteiger partial charge in [0, 0.05) is 40.6 Å². The van der Waals surface area contributed by atoms with E-state index < -0.39 is 47.3 Å². The lowest BCUT2D eigenvalue weighted by molar-refractivity contribution is -0.133. The highest BCUT2D eigenvalue weighted by molar-refractivity contribution is 5.97. The molecule has 0 heterocycles. The molecule has 0 saturated carbocycles. The van der Waals surface area contributed by atoms with Crippen molar-refractivity contribution in [2.24, 2.45) is 0 Å². The summed E-state index contributed by atoms with van der Waals surface area (Å²) in [5.41, 5.74) is 3.21. The molecule has 2 atom stereocenters. The first kappa shape index (κ1) is 29.9. The van der Waals surface area contributed by atoms with Gasteiger partial charge >= 0.3 is 0 Å². The molecule has 0 aliphatic carbocycles. The second-order valence-electron chi connectivity index (χ2n) is 8.58. The molecule has 0 spiro atoms. The lowest BCUT2D eigenvalue weighted by atomic mass is 10.1. The van der Waals surface area contributed by atoms with Crippen LogP contribution in [0.4, 0.5) is 18.9 Å². The Morgan fingerprint density at radius 2 is 1.45 bits per heavy atom. The Morgan fingerprint density at radius 1 is 0.875 bits per heavy atom. The first-order valence-corrected chi connectivity index (χ1v) is 11.9. The zero-order chi connectivity index (χ0) is 29.2. The minimum absolute atomic E-state index is 0.107. The van der Waals surface area contributed by atoms with E-state index in [4.69, 9.17) is 5.21 Å². The second kappa shape index (κ2) is 13.9. The number of benzene rings is 3. The Morgan fingerprint density at radius 3 is 2.02 bits per heavy atom. The molecule has 3 aromatic carbocycles. The number of aliphatic hydroxyl groups is 1. The van der Waals surface area contributed by atoms with Gasteiger partial charge in [-0.2, -0.15) is 0 Å². The van der Waals surface area contributed by atoms with Gasteiger partial charge in [0.2, 0.25) is 5.91 Å². The van der Waals surface area contributed by atoms with E-state index in [1.165, 1.54) is 24.5 Å². The van der Waals surface area contributed by atoms with Crippen LogP contribution < -0.4 is 21.4 Å². The summed E-state index contributed by atoms with van der Waals surface area (Å²) in [5, 5.41) is 26.0. The van der Waals surface area contributed by atoms with Crippen molar-refractivity contribution in [2.45, 2.75) is 25.6 Å². The van der Waals surface area contributed by atoms with Crippen LogP contribution in [0.15, 0.2) is 60.7 Å². The van der Waals surface area contributed by atoms with E-state index in [2.05, 4.69) is 27.8 Å².